The summed E-state index contributed by atoms with van der Waals surface area (Å²) in [6.07, 6.45) is 3.58. The van der Waals surface area contributed by atoms with Crippen molar-refractivity contribution in [2.75, 3.05) is 30.7 Å². The van der Waals surface area contributed by atoms with Crippen molar-refractivity contribution in [1.82, 2.24) is 14.9 Å². The number of fused-ring (bicyclic) bond motifs is 1. The summed E-state index contributed by atoms with van der Waals surface area (Å²) in [6, 6.07) is 9.12. The average Bonchev–Trinajstić information content (AvgIpc) is 2.71. The Bertz CT molecular complexity index is 1070. The van der Waals surface area contributed by atoms with Crippen LogP contribution >= 0.6 is 34.8 Å². The highest BCUT2D eigenvalue weighted by molar-refractivity contribution is 6.40. The lowest BCUT2D eigenvalue weighted by atomic mass is 10.2. The quantitative estimate of drug-likeness (QED) is 0.362. The predicted octanol–water partition coefficient (Wildman–Crippen LogP) is 6.48. The molecule has 31 heavy (non-hydrogen) atoms. The number of nitrogens with two attached hydrogens (primary N) is 1. The topological polar surface area (TPSA) is 67.1 Å². The highest BCUT2D eigenvalue weighted by atomic mass is 35.5. The Hall–Kier alpha value is -2.05. The van der Waals surface area contributed by atoms with E-state index in [0.29, 0.717) is 32.1 Å². The van der Waals surface area contributed by atoms with Gasteiger partial charge in [0.25, 0.3) is 0 Å². The van der Waals surface area contributed by atoms with Gasteiger partial charge in [-0.05, 0) is 62.5 Å². The molecule has 164 valence electrons. The van der Waals surface area contributed by atoms with Crippen LogP contribution in [0.25, 0.3) is 23.1 Å². The van der Waals surface area contributed by atoms with Gasteiger partial charge >= 0.3 is 0 Å². The van der Waals surface area contributed by atoms with Crippen LogP contribution in [-0.2, 0) is 0 Å². The van der Waals surface area contributed by atoms with Crippen molar-refractivity contribution >= 4 is 69.4 Å². The summed E-state index contributed by atoms with van der Waals surface area (Å²) in [5.41, 5.74) is 8.15. The highest BCUT2D eigenvalue weighted by Gasteiger charge is 2.13. The number of nitrogens with zero attached hydrogens (tertiary/aromatic N) is 3. The monoisotopic (exact) mass is 477 g/mol. The van der Waals surface area contributed by atoms with E-state index in [-0.39, 0.29) is 6.04 Å². The van der Waals surface area contributed by atoms with Gasteiger partial charge in [0.05, 0.1) is 15.6 Å². The fourth-order valence-electron chi connectivity index (χ4n) is 3.37. The number of aromatic nitrogens is 2. The fraction of sp³-hybridized carbons (Fsp3) is 0.304. The first-order valence-electron chi connectivity index (χ1n) is 10.2. The third-order valence-corrected chi connectivity index (χ3v) is 5.83. The number of hydrogen-bond acceptors (Lipinski definition) is 5. The molecule has 3 N–H and O–H groups in total. The Morgan fingerprint density at radius 3 is 2.35 bits per heavy atom. The van der Waals surface area contributed by atoms with Crippen molar-refractivity contribution in [3.8, 4) is 0 Å². The van der Waals surface area contributed by atoms with Crippen molar-refractivity contribution in [3.63, 3.8) is 0 Å². The van der Waals surface area contributed by atoms with E-state index in [1.165, 1.54) is 0 Å². The van der Waals surface area contributed by atoms with Gasteiger partial charge in [0.15, 0.2) is 5.82 Å². The predicted molar refractivity (Wildman–Crippen MR) is 135 cm³/mol. The number of benzene rings is 2. The summed E-state index contributed by atoms with van der Waals surface area (Å²) in [5.74, 6) is 1.28. The van der Waals surface area contributed by atoms with Gasteiger partial charge in [-0.1, -0.05) is 48.7 Å². The van der Waals surface area contributed by atoms with Crippen molar-refractivity contribution < 1.29 is 0 Å². The summed E-state index contributed by atoms with van der Waals surface area (Å²) in [4.78, 5) is 11.8. The molecule has 5 nitrogen and oxygen atoms in total. The maximum atomic E-state index is 6.30. The summed E-state index contributed by atoms with van der Waals surface area (Å²) in [5, 5.41) is 5.83. The molecular formula is C23H26Cl3N5. The van der Waals surface area contributed by atoms with Crippen molar-refractivity contribution in [1.29, 1.82) is 0 Å². The summed E-state index contributed by atoms with van der Waals surface area (Å²) in [6.45, 7) is 9.36. The Labute approximate surface area is 198 Å². The molecule has 0 fully saturated rings. The highest BCUT2D eigenvalue weighted by Crippen LogP contribution is 2.31. The Balaban J connectivity index is 1.97. The lowest BCUT2D eigenvalue weighted by Crippen LogP contribution is -2.35. The Morgan fingerprint density at radius 2 is 1.71 bits per heavy atom. The van der Waals surface area contributed by atoms with E-state index in [0.717, 1.165) is 36.4 Å². The number of likely N-dealkylation sites (N-methyl/N-ethyl adjacent to an activating group) is 1. The standard InChI is InChI=1S/C23H26Cl3N5/c1-4-31(5-2)13-14(3)28-23-18-12-16(27)6-8-21(18)29-22(30-23)9-7-17-19(25)10-15(24)11-20(17)26/h6-12,14H,4-5,13,27H2,1-3H3,(H,28,29,30)/b9-7+. The van der Waals surface area contributed by atoms with Crippen molar-refractivity contribution in [3.05, 3.63) is 56.8 Å². The van der Waals surface area contributed by atoms with Crippen LogP contribution in [0.5, 0.6) is 0 Å². The smallest absolute Gasteiger partial charge is 0.154 e. The van der Waals surface area contributed by atoms with Gasteiger partial charge in [-0.2, -0.15) is 0 Å². The van der Waals surface area contributed by atoms with Crippen molar-refractivity contribution in [2.45, 2.75) is 26.8 Å². The van der Waals surface area contributed by atoms with E-state index < -0.39 is 0 Å². The van der Waals surface area contributed by atoms with Gasteiger partial charge in [0, 0.05) is 34.2 Å². The van der Waals surface area contributed by atoms with E-state index in [4.69, 9.17) is 45.5 Å². The average molecular weight is 479 g/mol. The Morgan fingerprint density at radius 1 is 1.03 bits per heavy atom. The zero-order chi connectivity index (χ0) is 22.5. The van der Waals surface area contributed by atoms with Crippen LogP contribution in [-0.4, -0.2) is 40.5 Å². The first kappa shape index (κ1) is 23.6. The van der Waals surface area contributed by atoms with Crippen LogP contribution in [0, 0.1) is 0 Å². The third-order valence-electron chi connectivity index (χ3n) is 4.99. The molecule has 0 radical (unpaired) electrons. The van der Waals surface area contributed by atoms with Gasteiger partial charge in [-0.15, -0.1) is 0 Å². The molecular weight excluding hydrogens is 453 g/mol. The third kappa shape index (κ3) is 6.01. The fourth-order valence-corrected chi connectivity index (χ4v) is 4.31. The van der Waals surface area contributed by atoms with Crippen LogP contribution in [0.4, 0.5) is 11.5 Å². The minimum atomic E-state index is 0.191. The first-order valence-corrected chi connectivity index (χ1v) is 11.3. The number of nitrogens with one attached hydrogen (secondary N) is 1. The lowest BCUT2D eigenvalue weighted by Gasteiger charge is -2.24. The van der Waals surface area contributed by atoms with Crippen LogP contribution in [0.1, 0.15) is 32.2 Å². The van der Waals surface area contributed by atoms with Gasteiger partial charge in [0.1, 0.15) is 5.82 Å². The molecule has 1 atom stereocenters. The molecule has 0 amide bonds. The summed E-state index contributed by atoms with van der Waals surface area (Å²) >= 11 is 18.6. The van der Waals surface area contributed by atoms with E-state index in [1.807, 2.05) is 18.2 Å². The second-order valence-electron chi connectivity index (χ2n) is 7.35. The number of hydrogen-bond donors (Lipinski definition) is 2. The molecule has 0 saturated heterocycles. The van der Waals surface area contributed by atoms with Gasteiger partial charge in [-0.3, -0.25) is 0 Å². The first-order chi connectivity index (χ1) is 14.8. The van der Waals surface area contributed by atoms with E-state index in [1.54, 1.807) is 24.3 Å². The molecule has 0 aliphatic rings. The number of nitrogen functional groups attached to an aromatic ring is 1. The molecule has 3 aromatic rings. The normalized spacial score (nSPS) is 12.7. The number of halogens is 3. The van der Waals surface area contributed by atoms with Crippen LogP contribution in [0.2, 0.25) is 15.1 Å². The SMILES string of the molecule is CCN(CC)CC(C)Nc1nc(/C=C/c2c(Cl)cc(Cl)cc2Cl)nc2ccc(N)cc12. The molecule has 1 aromatic heterocycles. The molecule has 0 saturated carbocycles. The maximum Gasteiger partial charge on any atom is 0.154 e. The molecule has 2 aromatic carbocycles. The van der Waals surface area contributed by atoms with Gasteiger partial charge in [0.2, 0.25) is 0 Å². The van der Waals surface area contributed by atoms with Crippen LogP contribution in [0.3, 0.4) is 0 Å². The minimum absolute atomic E-state index is 0.191. The summed E-state index contributed by atoms with van der Waals surface area (Å²) in [7, 11) is 0. The number of anilines is 2. The second kappa shape index (κ2) is 10.5. The zero-order valence-corrected chi connectivity index (χ0v) is 20.1. The van der Waals surface area contributed by atoms with E-state index in [2.05, 4.69) is 36.0 Å². The van der Waals surface area contributed by atoms with Crippen LogP contribution < -0.4 is 11.1 Å². The van der Waals surface area contributed by atoms with Gasteiger partial charge < -0.3 is 16.0 Å². The minimum Gasteiger partial charge on any atom is -0.399 e. The zero-order valence-electron chi connectivity index (χ0n) is 17.8. The maximum absolute atomic E-state index is 6.30. The summed E-state index contributed by atoms with van der Waals surface area (Å²) < 4.78 is 0. The molecule has 0 aliphatic heterocycles. The van der Waals surface area contributed by atoms with E-state index >= 15 is 0 Å². The molecule has 8 heteroatoms. The molecule has 1 unspecified atom stereocenters. The van der Waals surface area contributed by atoms with Gasteiger partial charge in [-0.25, -0.2) is 9.97 Å². The largest absolute Gasteiger partial charge is 0.399 e. The van der Waals surface area contributed by atoms with Crippen molar-refractivity contribution in [2.24, 2.45) is 0 Å². The lowest BCUT2D eigenvalue weighted by molar-refractivity contribution is 0.294. The van der Waals surface area contributed by atoms with Crippen LogP contribution in [0.15, 0.2) is 30.3 Å². The second-order valence-corrected chi connectivity index (χ2v) is 8.61. The molecule has 0 bridgehead atoms. The number of rotatable bonds is 8. The molecule has 1 heterocycles. The van der Waals surface area contributed by atoms with E-state index in [9.17, 15) is 0 Å². The Kier molecular flexibility index (Phi) is 8.00. The molecule has 0 aliphatic carbocycles. The molecule has 0 spiro atoms. The molecule has 3 rings (SSSR count).